The van der Waals surface area contributed by atoms with Crippen molar-refractivity contribution >= 4 is 11.7 Å². The highest BCUT2D eigenvalue weighted by atomic mass is 19.4. The molecule has 1 aliphatic rings. The molecule has 0 bridgehead atoms. The van der Waals surface area contributed by atoms with Gasteiger partial charge in [-0.2, -0.15) is 27.1 Å². The first-order valence-corrected chi connectivity index (χ1v) is 11.5. The lowest BCUT2D eigenvalue weighted by Gasteiger charge is -2.39. The van der Waals surface area contributed by atoms with Crippen molar-refractivity contribution in [2.75, 3.05) is 24.6 Å². The van der Waals surface area contributed by atoms with E-state index in [4.69, 9.17) is 0 Å². The van der Waals surface area contributed by atoms with Gasteiger partial charge < -0.3 is 14.7 Å². The molecule has 3 aromatic rings. The third kappa shape index (κ3) is 5.62. The lowest BCUT2D eigenvalue weighted by Crippen LogP contribution is -2.53. The molecule has 2 aromatic carbocycles. The monoisotopic (exact) mass is 561 g/mol. The van der Waals surface area contributed by atoms with Gasteiger partial charge in [0.05, 0.1) is 12.6 Å². The summed E-state index contributed by atoms with van der Waals surface area (Å²) in [5.74, 6) is -7.20. The summed E-state index contributed by atoms with van der Waals surface area (Å²) >= 11 is 0. The molecule has 0 aliphatic carbocycles. The molecule has 0 saturated carbocycles. The zero-order valence-electron chi connectivity index (χ0n) is 20.2. The molecule has 4 rings (SSSR count). The Kier molecular flexibility index (Phi) is 7.47. The first-order valence-electron chi connectivity index (χ1n) is 11.5. The number of alkyl halides is 5. The van der Waals surface area contributed by atoms with Gasteiger partial charge in [0.15, 0.2) is 6.61 Å². The van der Waals surface area contributed by atoms with E-state index in [-0.39, 0.29) is 36.6 Å². The van der Waals surface area contributed by atoms with Gasteiger partial charge in [-0.05, 0) is 37.3 Å². The second-order valence-electron chi connectivity index (χ2n) is 8.93. The van der Waals surface area contributed by atoms with Crippen LogP contribution in [0.2, 0.25) is 0 Å². The highest BCUT2D eigenvalue weighted by Crippen LogP contribution is 2.37. The van der Waals surface area contributed by atoms with Crippen molar-refractivity contribution in [2.24, 2.45) is 0 Å². The van der Waals surface area contributed by atoms with E-state index in [1.165, 1.54) is 46.2 Å². The van der Waals surface area contributed by atoms with E-state index in [9.17, 15) is 40.6 Å². The third-order valence-corrected chi connectivity index (χ3v) is 6.45. The Morgan fingerprint density at radius 3 is 2.33 bits per heavy atom. The molecule has 8 nitrogen and oxygen atoms in total. The smallest absolute Gasteiger partial charge is 0.456 e. The average Bonchev–Trinajstić information content (AvgIpc) is 3.51. The second-order valence-corrected chi connectivity index (χ2v) is 8.93. The van der Waals surface area contributed by atoms with Gasteiger partial charge in [-0.1, -0.05) is 6.07 Å². The van der Waals surface area contributed by atoms with E-state index in [2.05, 4.69) is 14.8 Å². The summed E-state index contributed by atoms with van der Waals surface area (Å²) < 4.78 is 97.5. The zero-order valence-corrected chi connectivity index (χ0v) is 20.2. The molecule has 0 spiro atoms. The number of urea groups is 1. The molecule has 2 heterocycles. The van der Waals surface area contributed by atoms with Crippen LogP contribution in [0.5, 0.6) is 5.75 Å². The topological polar surface area (TPSA) is 83.7 Å². The first-order chi connectivity index (χ1) is 18.2. The third-order valence-electron chi connectivity index (χ3n) is 6.45. The van der Waals surface area contributed by atoms with Gasteiger partial charge >= 0.3 is 18.1 Å². The number of ether oxygens (including phenoxy) is 1. The van der Waals surface area contributed by atoms with Crippen molar-refractivity contribution in [1.29, 1.82) is 0 Å². The molecule has 2 amide bonds. The summed E-state index contributed by atoms with van der Waals surface area (Å²) in [5, 5.41) is 15.7. The average molecular weight is 561 g/mol. The number of halogens is 7. The van der Waals surface area contributed by atoms with Crippen LogP contribution in [-0.4, -0.2) is 68.6 Å². The molecule has 1 aromatic heterocycles. The maximum Gasteiger partial charge on any atom is 0.456 e. The quantitative estimate of drug-likeness (QED) is 0.393. The van der Waals surface area contributed by atoms with Crippen LogP contribution in [0.25, 0.3) is 0 Å². The summed E-state index contributed by atoms with van der Waals surface area (Å²) in [4.78, 5) is 19.7. The lowest BCUT2D eigenvalue weighted by atomic mass is 9.85. The Balaban J connectivity index is 1.53. The molecular formula is C24H22F7N5O3. The Bertz CT molecular complexity index is 1300. The molecule has 1 saturated heterocycles. The Morgan fingerprint density at radius 1 is 1.05 bits per heavy atom. The van der Waals surface area contributed by atoms with Crippen LogP contribution in [0, 0.1) is 11.6 Å². The van der Waals surface area contributed by atoms with E-state index in [0.29, 0.717) is 6.07 Å². The van der Waals surface area contributed by atoms with Gasteiger partial charge in [0.2, 0.25) is 0 Å². The second kappa shape index (κ2) is 10.4. The van der Waals surface area contributed by atoms with E-state index in [1.807, 2.05) is 0 Å². The molecular weight excluding hydrogens is 539 g/mol. The largest absolute Gasteiger partial charge is 0.487 e. The minimum absolute atomic E-state index is 0.0819. The molecule has 1 aliphatic heterocycles. The van der Waals surface area contributed by atoms with E-state index in [0.717, 1.165) is 24.3 Å². The fourth-order valence-electron chi connectivity index (χ4n) is 4.23. The number of aromatic nitrogens is 3. The number of benzene rings is 2. The first kappa shape index (κ1) is 28.1. The number of nitrogens with zero attached hydrogens (tertiary/aromatic N) is 5. The summed E-state index contributed by atoms with van der Waals surface area (Å²) in [5.41, 5.74) is -2.06. The molecule has 1 fully saturated rings. The van der Waals surface area contributed by atoms with Crippen molar-refractivity contribution in [3.63, 3.8) is 0 Å². The summed E-state index contributed by atoms with van der Waals surface area (Å²) in [6, 6.07) is 5.88. The number of aliphatic hydroxyl groups is 1. The lowest BCUT2D eigenvalue weighted by molar-refractivity contribution is -0.290. The van der Waals surface area contributed by atoms with Crippen LogP contribution < -0.4 is 9.64 Å². The van der Waals surface area contributed by atoms with E-state index in [1.54, 1.807) is 0 Å². The van der Waals surface area contributed by atoms with E-state index >= 15 is 0 Å². The fraction of sp³-hybridized carbons (Fsp3) is 0.375. The highest BCUT2D eigenvalue weighted by molar-refractivity contribution is 5.94. The van der Waals surface area contributed by atoms with Crippen LogP contribution in [0.15, 0.2) is 55.1 Å². The van der Waals surface area contributed by atoms with Crippen molar-refractivity contribution in [3.05, 3.63) is 72.3 Å². The number of anilines is 1. The minimum Gasteiger partial charge on any atom is -0.487 e. The molecule has 15 heteroatoms. The van der Waals surface area contributed by atoms with Gasteiger partial charge in [0, 0.05) is 30.4 Å². The number of carbonyl (C=O) groups is 1. The van der Waals surface area contributed by atoms with Crippen LogP contribution >= 0.6 is 0 Å². The number of amides is 2. The number of carbonyl (C=O) groups excluding carboxylic acids is 1. The van der Waals surface area contributed by atoms with Crippen LogP contribution in [-0.2, 0) is 12.1 Å². The van der Waals surface area contributed by atoms with Gasteiger partial charge in [0.25, 0.3) is 0 Å². The molecule has 2 unspecified atom stereocenters. The summed E-state index contributed by atoms with van der Waals surface area (Å²) in [7, 11) is 0. The van der Waals surface area contributed by atoms with Crippen molar-refractivity contribution < 1.29 is 45.4 Å². The number of rotatable bonds is 9. The highest BCUT2D eigenvalue weighted by Gasteiger charge is 2.58. The SMILES string of the molecule is CC(N1CCN(c2ccc(OCC(F)(F)C(F)(F)F)cc2)C1=O)C(O)(Cn1cncn1)c1ccc(F)cc1F. The Morgan fingerprint density at radius 2 is 1.74 bits per heavy atom. The van der Waals surface area contributed by atoms with Crippen molar-refractivity contribution in [2.45, 2.75) is 37.2 Å². The predicted molar refractivity (Wildman–Crippen MR) is 122 cm³/mol. The summed E-state index contributed by atoms with van der Waals surface area (Å²) in [6.45, 7) is -0.554. The Labute approximate surface area is 217 Å². The Hall–Kier alpha value is -3.88. The van der Waals surface area contributed by atoms with Crippen molar-refractivity contribution in [1.82, 2.24) is 19.7 Å². The number of hydrogen-bond donors (Lipinski definition) is 1. The molecule has 39 heavy (non-hydrogen) atoms. The minimum atomic E-state index is -5.76. The van der Waals surface area contributed by atoms with Gasteiger partial charge in [-0.15, -0.1) is 0 Å². The molecule has 0 radical (unpaired) electrons. The molecule has 1 N–H and O–H groups in total. The molecule has 2 atom stereocenters. The normalized spacial score (nSPS) is 16.9. The maximum atomic E-state index is 14.8. The van der Waals surface area contributed by atoms with Gasteiger partial charge in [-0.25, -0.2) is 23.2 Å². The molecule has 210 valence electrons. The summed E-state index contributed by atoms with van der Waals surface area (Å²) in [6.07, 6.45) is -3.28. The standard InChI is InChI=1S/C24H22F7N5O3/c1-15(22(38,11-34-14-32-13-33-34)19-7-2-16(25)10-20(19)26)35-8-9-36(21(35)37)17-3-5-18(6-4-17)39-12-23(27,28)24(29,30)31/h2-7,10,13-15,38H,8-9,11-12H2,1H3. The van der Waals surface area contributed by atoms with Crippen LogP contribution in [0.4, 0.5) is 41.2 Å². The fourth-order valence-corrected chi connectivity index (χ4v) is 4.23. The maximum absolute atomic E-state index is 14.8. The van der Waals surface area contributed by atoms with Crippen molar-refractivity contribution in [3.8, 4) is 5.75 Å². The predicted octanol–water partition coefficient (Wildman–Crippen LogP) is 4.35. The zero-order chi connectivity index (χ0) is 28.6. The van der Waals surface area contributed by atoms with Gasteiger partial charge in [0.1, 0.15) is 35.6 Å². The van der Waals surface area contributed by atoms with Crippen LogP contribution in [0.3, 0.4) is 0 Å². The van der Waals surface area contributed by atoms with E-state index < -0.39 is 48.0 Å². The van der Waals surface area contributed by atoms with Gasteiger partial charge in [-0.3, -0.25) is 4.90 Å². The number of hydrogen-bond acceptors (Lipinski definition) is 5. The van der Waals surface area contributed by atoms with Crippen LogP contribution in [0.1, 0.15) is 12.5 Å².